The molecular weight excluding hydrogens is 352 g/mol. The molecule has 0 fully saturated rings. The first-order valence-electron chi connectivity index (χ1n) is 8.49. The topological polar surface area (TPSA) is 18.5 Å². The number of hydrogen-bond donors (Lipinski definition) is 0. The zero-order chi connectivity index (χ0) is 17.8. The van der Waals surface area contributed by atoms with Gasteiger partial charge in [0.2, 0.25) is 0 Å². The van der Waals surface area contributed by atoms with Gasteiger partial charge >= 0.3 is 0 Å². The summed E-state index contributed by atoms with van der Waals surface area (Å²) in [6.07, 6.45) is 0.926. The molecule has 0 N–H and O–H groups in total. The summed E-state index contributed by atoms with van der Waals surface area (Å²) in [6.45, 7) is 5.05. The average molecular weight is 375 g/mol. The maximum absolute atomic E-state index is 5.67. The smallest absolute Gasteiger partial charge is 0.120 e. The van der Waals surface area contributed by atoms with Crippen molar-refractivity contribution in [2.24, 2.45) is 0 Å². The minimum Gasteiger partial charge on any atom is -0.497 e. The molecule has 1 heterocycles. The Morgan fingerprint density at radius 2 is 1.76 bits per heavy atom. The van der Waals surface area contributed by atoms with E-state index in [0.717, 1.165) is 17.9 Å². The van der Waals surface area contributed by atoms with Crippen LogP contribution < -0.4 is 9.47 Å². The van der Waals surface area contributed by atoms with Gasteiger partial charge in [-0.15, -0.1) is 22.9 Å². The second-order valence-corrected chi connectivity index (χ2v) is 7.78. The van der Waals surface area contributed by atoms with E-state index in [2.05, 4.69) is 38.1 Å². The number of halogens is 1. The van der Waals surface area contributed by atoms with Gasteiger partial charge in [0.05, 0.1) is 13.0 Å². The highest BCUT2D eigenvalue weighted by Crippen LogP contribution is 2.39. The summed E-state index contributed by atoms with van der Waals surface area (Å²) in [5, 5.41) is 1.33. The fourth-order valence-electron chi connectivity index (χ4n) is 2.99. The van der Waals surface area contributed by atoms with Gasteiger partial charge in [-0.25, -0.2) is 0 Å². The van der Waals surface area contributed by atoms with Crippen molar-refractivity contribution < 1.29 is 9.47 Å². The summed E-state index contributed by atoms with van der Waals surface area (Å²) < 4.78 is 12.2. The number of fused-ring (bicyclic) bond motifs is 1. The minimum atomic E-state index is 0.504. The van der Waals surface area contributed by atoms with Crippen LogP contribution in [0.25, 0.3) is 10.1 Å². The molecule has 1 aromatic heterocycles. The lowest BCUT2D eigenvalue weighted by molar-refractivity contribution is 0.342. The number of thiophene rings is 1. The molecule has 0 amide bonds. The molecule has 25 heavy (non-hydrogen) atoms. The molecule has 2 aromatic carbocycles. The Bertz CT molecular complexity index is 837. The Hall–Kier alpha value is -1.71. The van der Waals surface area contributed by atoms with Gasteiger partial charge in [0.25, 0.3) is 0 Å². The molecule has 4 heteroatoms. The van der Waals surface area contributed by atoms with E-state index >= 15 is 0 Å². The van der Waals surface area contributed by atoms with Crippen LogP contribution in [-0.2, 0) is 6.42 Å². The number of rotatable bonds is 7. The molecule has 0 atom stereocenters. The maximum Gasteiger partial charge on any atom is 0.120 e. The van der Waals surface area contributed by atoms with Crippen LogP contribution in [0.1, 0.15) is 35.8 Å². The number of hydrogen-bond acceptors (Lipinski definition) is 3. The van der Waals surface area contributed by atoms with Crippen molar-refractivity contribution >= 4 is 33.0 Å². The predicted octanol–water partition coefficient (Wildman–Crippen LogP) is 6.24. The molecule has 0 unspecified atom stereocenters. The molecule has 3 rings (SSSR count). The van der Waals surface area contributed by atoms with Crippen molar-refractivity contribution in [1.82, 2.24) is 0 Å². The van der Waals surface area contributed by atoms with Crippen LogP contribution in [0.15, 0.2) is 42.5 Å². The van der Waals surface area contributed by atoms with E-state index in [1.165, 1.54) is 26.1 Å². The van der Waals surface area contributed by atoms with Crippen LogP contribution in [0.5, 0.6) is 11.5 Å². The average Bonchev–Trinajstić information content (AvgIpc) is 2.99. The van der Waals surface area contributed by atoms with Gasteiger partial charge < -0.3 is 9.47 Å². The van der Waals surface area contributed by atoms with Crippen LogP contribution in [-0.4, -0.2) is 19.6 Å². The molecule has 132 valence electrons. The number of ether oxygens (including phenoxy) is 2. The first-order valence-corrected chi connectivity index (χ1v) is 9.84. The summed E-state index contributed by atoms with van der Waals surface area (Å²) in [6, 6.07) is 14.7. The Kier molecular flexibility index (Phi) is 5.87. The third kappa shape index (κ3) is 4.10. The lowest BCUT2D eigenvalue weighted by Gasteiger charge is -2.09. The molecular formula is C21H23ClO2S. The first-order chi connectivity index (χ1) is 12.1. The highest BCUT2D eigenvalue weighted by atomic mass is 35.5. The zero-order valence-corrected chi connectivity index (χ0v) is 16.4. The van der Waals surface area contributed by atoms with Crippen molar-refractivity contribution in [3.05, 3.63) is 58.5 Å². The van der Waals surface area contributed by atoms with Crippen LogP contribution in [0.3, 0.4) is 0 Å². The van der Waals surface area contributed by atoms with Crippen LogP contribution >= 0.6 is 22.9 Å². The van der Waals surface area contributed by atoms with E-state index < -0.39 is 0 Å². The summed E-state index contributed by atoms with van der Waals surface area (Å²) >= 11 is 7.54. The molecule has 0 bridgehead atoms. The van der Waals surface area contributed by atoms with Crippen molar-refractivity contribution in [1.29, 1.82) is 0 Å². The van der Waals surface area contributed by atoms with Gasteiger partial charge in [-0.05, 0) is 59.2 Å². The highest BCUT2D eigenvalue weighted by molar-refractivity contribution is 7.19. The van der Waals surface area contributed by atoms with Crippen LogP contribution in [0, 0.1) is 0 Å². The second kappa shape index (κ2) is 8.11. The van der Waals surface area contributed by atoms with Crippen LogP contribution in [0.2, 0.25) is 0 Å². The normalized spacial score (nSPS) is 11.2. The summed E-state index contributed by atoms with van der Waals surface area (Å²) in [5.74, 6) is 2.79. The largest absolute Gasteiger partial charge is 0.497 e. The Morgan fingerprint density at radius 1 is 1.04 bits per heavy atom. The third-order valence-corrected chi connectivity index (χ3v) is 5.86. The lowest BCUT2D eigenvalue weighted by Crippen LogP contribution is -1.98. The zero-order valence-electron chi connectivity index (χ0n) is 14.8. The monoisotopic (exact) mass is 374 g/mol. The molecule has 2 nitrogen and oxygen atoms in total. The van der Waals surface area contributed by atoms with Gasteiger partial charge in [-0.2, -0.15) is 0 Å². The molecule has 0 radical (unpaired) electrons. The highest BCUT2D eigenvalue weighted by Gasteiger charge is 2.16. The molecule has 3 aromatic rings. The first kappa shape index (κ1) is 18.1. The molecule has 0 saturated heterocycles. The third-order valence-electron chi connectivity index (χ3n) is 4.21. The molecule has 0 saturated carbocycles. The standard InChI is InChI=1S/C21H23ClO2S/c1-14(2)21-19(18-9-8-17(23-3)13-20(18)25-21)12-15-4-6-16(7-5-15)24-11-10-22/h4-9,13-14H,10-12H2,1-3H3. The Labute approximate surface area is 158 Å². The Balaban J connectivity index is 1.92. The van der Waals surface area contributed by atoms with Crippen LogP contribution in [0.4, 0.5) is 0 Å². The van der Waals surface area contributed by atoms with E-state index in [4.69, 9.17) is 21.1 Å². The van der Waals surface area contributed by atoms with Gasteiger partial charge in [0.1, 0.15) is 18.1 Å². The molecule has 0 spiro atoms. The van der Waals surface area contributed by atoms with Crippen molar-refractivity contribution in [2.45, 2.75) is 26.2 Å². The van der Waals surface area contributed by atoms with Gasteiger partial charge in [-0.1, -0.05) is 26.0 Å². The van der Waals surface area contributed by atoms with E-state index in [9.17, 15) is 0 Å². The van der Waals surface area contributed by atoms with Gasteiger partial charge in [0.15, 0.2) is 0 Å². The number of alkyl halides is 1. The summed E-state index contributed by atoms with van der Waals surface area (Å²) in [4.78, 5) is 1.45. The number of methoxy groups -OCH3 is 1. The minimum absolute atomic E-state index is 0.504. The fourth-order valence-corrected chi connectivity index (χ4v) is 4.32. The molecule has 0 aliphatic rings. The van der Waals surface area contributed by atoms with Crippen molar-refractivity contribution in [2.75, 3.05) is 19.6 Å². The lowest BCUT2D eigenvalue weighted by atomic mass is 9.98. The van der Waals surface area contributed by atoms with E-state index in [1.807, 2.05) is 29.5 Å². The fraction of sp³-hybridized carbons (Fsp3) is 0.333. The summed E-state index contributed by atoms with van der Waals surface area (Å²) in [5.41, 5.74) is 2.71. The maximum atomic E-state index is 5.67. The quantitative estimate of drug-likeness (QED) is 0.455. The molecule has 0 aliphatic heterocycles. The Morgan fingerprint density at radius 3 is 2.40 bits per heavy atom. The summed E-state index contributed by atoms with van der Waals surface area (Å²) in [7, 11) is 1.72. The van der Waals surface area contributed by atoms with E-state index in [1.54, 1.807) is 7.11 Å². The predicted molar refractivity (Wildman–Crippen MR) is 108 cm³/mol. The van der Waals surface area contributed by atoms with Gasteiger partial charge in [0, 0.05) is 9.58 Å². The number of benzene rings is 2. The SMILES string of the molecule is COc1ccc2c(Cc3ccc(OCCCl)cc3)c(C(C)C)sc2c1. The van der Waals surface area contributed by atoms with E-state index in [0.29, 0.717) is 18.4 Å². The van der Waals surface area contributed by atoms with Crippen molar-refractivity contribution in [3.63, 3.8) is 0 Å². The second-order valence-electron chi connectivity index (χ2n) is 6.32. The van der Waals surface area contributed by atoms with Crippen molar-refractivity contribution in [3.8, 4) is 11.5 Å². The molecule has 0 aliphatic carbocycles. The van der Waals surface area contributed by atoms with Gasteiger partial charge in [-0.3, -0.25) is 0 Å². The van der Waals surface area contributed by atoms with E-state index in [-0.39, 0.29) is 0 Å².